The van der Waals surface area contributed by atoms with Gasteiger partial charge in [0.05, 0.1) is 19.3 Å². The number of aromatic nitrogens is 1. The van der Waals surface area contributed by atoms with Crippen molar-refractivity contribution < 1.29 is 18.7 Å². The summed E-state index contributed by atoms with van der Waals surface area (Å²) in [4.78, 5) is 30.5. The number of carbonyl (C=O) groups is 2. The first-order valence-corrected chi connectivity index (χ1v) is 8.88. The number of rotatable bonds is 6. The normalized spacial score (nSPS) is 16.3. The number of nitrogens with one attached hydrogen (secondary N) is 1. The number of carbonyl (C=O) groups excluding carboxylic acids is 2. The van der Waals surface area contributed by atoms with Gasteiger partial charge in [0, 0.05) is 12.0 Å². The maximum absolute atomic E-state index is 12.6. The summed E-state index contributed by atoms with van der Waals surface area (Å²) in [7, 11) is 1.60. The molecule has 142 valence electrons. The minimum atomic E-state index is -0.567. The molecule has 2 aromatic carbocycles. The summed E-state index contributed by atoms with van der Waals surface area (Å²) in [5.74, 6) is 0.896. The van der Waals surface area contributed by atoms with Crippen molar-refractivity contribution in [3.8, 4) is 17.2 Å². The summed E-state index contributed by atoms with van der Waals surface area (Å²) < 4.78 is 10.6. The van der Waals surface area contributed by atoms with Crippen molar-refractivity contribution in [1.29, 1.82) is 0 Å². The van der Waals surface area contributed by atoms with Crippen LogP contribution < -0.4 is 10.1 Å². The summed E-state index contributed by atoms with van der Waals surface area (Å²) in [6.45, 7) is 0.0651. The van der Waals surface area contributed by atoms with Crippen molar-refractivity contribution in [3.63, 3.8) is 0 Å². The van der Waals surface area contributed by atoms with Crippen molar-refractivity contribution in [1.82, 2.24) is 15.2 Å². The van der Waals surface area contributed by atoms with Crippen molar-refractivity contribution in [3.05, 3.63) is 72.1 Å². The molecular formula is C21H19N3O4. The Morgan fingerprint density at radius 3 is 2.57 bits per heavy atom. The highest BCUT2D eigenvalue weighted by Gasteiger charge is 2.38. The van der Waals surface area contributed by atoms with Gasteiger partial charge in [-0.1, -0.05) is 30.3 Å². The molecule has 0 unspecified atom stereocenters. The van der Waals surface area contributed by atoms with Gasteiger partial charge in [-0.2, -0.15) is 0 Å². The number of benzene rings is 2. The number of hydrogen-bond donors (Lipinski definition) is 1. The first-order valence-electron chi connectivity index (χ1n) is 8.88. The van der Waals surface area contributed by atoms with Crippen LogP contribution in [0.25, 0.3) is 11.5 Å². The van der Waals surface area contributed by atoms with E-state index in [0.29, 0.717) is 18.0 Å². The third-order valence-electron chi connectivity index (χ3n) is 4.60. The van der Waals surface area contributed by atoms with Crippen molar-refractivity contribution in [2.45, 2.75) is 19.0 Å². The summed E-state index contributed by atoms with van der Waals surface area (Å²) in [5, 5.41) is 2.74. The smallest absolute Gasteiger partial charge is 0.325 e. The Hall–Kier alpha value is -3.61. The van der Waals surface area contributed by atoms with E-state index in [4.69, 9.17) is 9.15 Å². The average molecular weight is 377 g/mol. The second-order valence-electron chi connectivity index (χ2n) is 6.49. The van der Waals surface area contributed by atoms with E-state index in [9.17, 15) is 9.59 Å². The molecule has 3 amide bonds. The monoisotopic (exact) mass is 377 g/mol. The van der Waals surface area contributed by atoms with Crippen molar-refractivity contribution in [2.75, 3.05) is 7.11 Å². The molecule has 28 heavy (non-hydrogen) atoms. The predicted octanol–water partition coefficient (Wildman–Crippen LogP) is 3.01. The van der Waals surface area contributed by atoms with Gasteiger partial charge in [0.15, 0.2) is 0 Å². The van der Waals surface area contributed by atoms with E-state index in [1.54, 1.807) is 7.11 Å². The van der Waals surface area contributed by atoms with E-state index in [1.165, 1.54) is 11.2 Å². The largest absolute Gasteiger partial charge is 0.497 e. The Morgan fingerprint density at radius 1 is 1.11 bits per heavy atom. The SMILES string of the molecule is COc1ccc(-c2nc(CN3C(=O)N[C@H](Cc4ccccc4)C3=O)co2)cc1. The Kier molecular flexibility index (Phi) is 4.80. The maximum Gasteiger partial charge on any atom is 0.325 e. The van der Waals surface area contributed by atoms with E-state index in [1.807, 2.05) is 54.6 Å². The summed E-state index contributed by atoms with van der Waals surface area (Å²) >= 11 is 0. The predicted molar refractivity (Wildman–Crippen MR) is 102 cm³/mol. The molecule has 1 aromatic heterocycles. The number of amides is 3. The Labute approximate surface area is 161 Å². The fraction of sp³-hybridized carbons (Fsp3) is 0.190. The van der Waals surface area contributed by atoms with Gasteiger partial charge in [-0.3, -0.25) is 9.69 Å². The minimum Gasteiger partial charge on any atom is -0.497 e. The molecule has 1 fully saturated rings. The van der Waals surface area contributed by atoms with Gasteiger partial charge in [0.2, 0.25) is 5.89 Å². The van der Waals surface area contributed by atoms with E-state index in [0.717, 1.165) is 16.9 Å². The molecule has 7 nitrogen and oxygen atoms in total. The fourth-order valence-corrected chi connectivity index (χ4v) is 3.12. The van der Waals surface area contributed by atoms with E-state index >= 15 is 0 Å². The number of hydrogen-bond acceptors (Lipinski definition) is 5. The molecule has 0 aliphatic carbocycles. The summed E-state index contributed by atoms with van der Waals surface area (Å²) in [5.41, 5.74) is 2.28. The molecule has 3 aromatic rings. The van der Waals surface area contributed by atoms with Gasteiger partial charge in [-0.05, 0) is 29.8 Å². The molecule has 1 N–H and O–H groups in total. The van der Waals surface area contributed by atoms with Crippen LogP contribution in [-0.4, -0.2) is 35.0 Å². The zero-order valence-corrected chi connectivity index (χ0v) is 15.3. The van der Waals surface area contributed by atoms with Gasteiger partial charge in [0.1, 0.15) is 18.1 Å². The standard InChI is InChI=1S/C21H19N3O4/c1-27-17-9-7-15(8-10-17)19-22-16(13-28-19)12-24-20(25)18(23-21(24)26)11-14-5-3-2-4-6-14/h2-10,13,18H,11-12H2,1H3,(H,23,26)/t18-/m1/s1. The lowest BCUT2D eigenvalue weighted by Gasteiger charge is -2.11. The molecule has 0 spiro atoms. The minimum absolute atomic E-state index is 0.0651. The number of urea groups is 1. The van der Waals surface area contributed by atoms with Crippen LogP contribution in [0.3, 0.4) is 0 Å². The van der Waals surface area contributed by atoms with E-state index in [2.05, 4.69) is 10.3 Å². The van der Waals surface area contributed by atoms with Crippen LogP contribution in [0.1, 0.15) is 11.3 Å². The van der Waals surface area contributed by atoms with Crippen LogP contribution in [0.2, 0.25) is 0 Å². The molecule has 0 saturated carbocycles. The van der Waals surface area contributed by atoms with Crippen LogP contribution in [0.5, 0.6) is 5.75 Å². The third kappa shape index (κ3) is 3.59. The third-order valence-corrected chi connectivity index (χ3v) is 4.60. The molecule has 0 bridgehead atoms. The maximum atomic E-state index is 12.6. The zero-order chi connectivity index (χ0) is 19.5. The van der Waals surface area contributed by atoms with Crippen LogP contribution >= 0.6 is 0 Å². The van der Waals surface area contributed by atoms with Crippen LogP contribution in [-0.2, 0) is 17.8 Å². The van der Waals surface area contributed by atoms with E-state index in [-0.39, 0.29) is 12.5 Å². The quantitative estimate of drug-likeness (QED) is 0.668. The Bertz CT molecular complexity index is 982. The van der Waals surface area contributed by atoms with Gasteiger partial charge >= 0.3 is 6.03 Å². The van der Waals surface area contributed by atoms with Crippen LogP contribution in [0.4, 0.5) is 4.79 Å². The second-order valence-corrected chi connectivity index (χ2v) is 6.49. The number of ether oxygens (including phenoxy) is 1. The first-order chi connectivity index (χ1) is 13.6. The number of oxazole rings is 1. The second kappa shape index (κ2) is 7.56. The Morgan fingerprint density at radius 2 is 1.86 bits per heavy atom. The lowest BCUT2D eigenvalue weighted by Crippen LogP contribution is -2.32. The van der Waals surface area contributed by atoms with Crippen molar-refractivity contribution in [2.24, 2.45) is 0 Å². The number of nitrogens with zero attached hydrogens (tertiary/aromatic N) is 2. The highest BCUT2D eigenvalue weighted by atomic mass is 16.5. The Balaban J connectivity index is 1.44. The van der Waals surface area contributed by atoms with Crippen LogP contribution in [0, 0.1) is 0 Å². The molecule has 4 rings (SSSR count). The van der Waals surface area contributed by atoms with E-state index < -0.39 is 12.1 Å². The number of imide groups is 1. The molecule has 1 aliphatic rings. The molecular weight excluding hydrogens is 358 g/mol. The van der Waals surface area contributed by atoms with Gasteiger partial charge in [-0.25, -0.2) is 9.78 Å². The summed E-state index contributed by atoms with van der Waals surface area (Å²) in [6.07, 6.45) is 1.92. The molecule has 1 atom stereocenters. The van der Waals surface area contributed by atoms with Crippen molar-refractivity contribution >= 4 is 11.9 Å². The number of methoxy groups -OCH3 is 1. The molecule has 0 radical (unpaired) electrons. The average Bonchev–Trinajstić information content (AvgIpc) is 3.29. The lowest BCUT2D eigenvalue weighted by molar-refractivity contribution is -0.127. The van der Waals surface area contributed by atoms with Gasteiger partial charge in [-0.15, -0.1) is 0 Å². The zero-order valence-electron chi connectivity index (χ0n) is 15.3. The highest BCUT2D eigenvalue weighted by Crippen LogP contribution is 2.23. The molecule has 2 heterocycles. The topological polar surface area (TPSA) is 84.7 Å². The summed E-state index contributed by atoms with van der Waals surface area (Å²) in [6, 6.07) is 15.9. The first kappa shape index (κ1) is 17.8. The highest BCUT2D eigenvalue weighted by molar-refractivity contribution is 6.04. The molecule has 7 heteroatoms. The van der Waals surface area contributed by atoms with Gasteiger partial charge in [0.25, 0.3) is 5.91 Å². The van der Waals surface area contributed by atoms with Gasteiger partial charge < -0.3 is 14.5 Å². The van der Waals surface area contributed by atoms with Crippen LogP contribution in [0.15, 0.2) is 65.3 Å². The molecule has 1 aliphatic heterocycles. The lowest BCUT2D eigenvalue weighted by atomic mass is 10.1. The molecule has 1 saturated heterocycles. The fourth-order valence-electron chi connectivity index (χ4n) is 3.12.